The number of para-hydroxylation sites is 2. The number of carbonyl (C=O) groups excluding carboxylic acids is 2. The molecule has 3 aromatic carbocycles. The van der Waals surface area contributed by atoms with Gasteiger partial charge >= 0.3 is 0 Å². The van der Waals surface area contributed by atoms with E-state index in [2.05, 4.69) is 5.32 Å². The molecule has 0 unspecified atom stereocenters. The molecule has 1 saturated carbocycles. The van der Waals surface area contributed by atoms with Crippen LogP contribution < -0.4 is 14.4 Å². The van der Waals surface area contributed by atoms with Gasteiger partial charge in [-0.15, -0.1) is 0 Å². The van der Waals surface area contributed by atoms with E-state index < -0.39 is 34.3 Å². The van der Waals surface area contributed by atoms with Crippen LogP contribution in [0.2, 0.25) is 0 Å². The maximum absolute atomic E-state index is 14.1. The van der Waals surface area contributed by atoms with Gasteiger partial charge in [-0.2, -0.15) is 0 Å². The fraction of sp³-hybridized carbons (Fsp3) is 0.375. The van der Waals surface area contributed by atoms with Crippen LogP contribution in [0.3, 0.4) is 0 Å². The summed E-state index contributed by atoms with van der Waals surface area (Å²) >= 11 is 0. The van der Waals surface area contributed by atoms with Crippen molar-refractivity contribution in [1.82, 2.24) is 10.2 Å². The van der Waals surface area contributed by atoms with Gasteiger partial charge in [0.2, 0.25) is 11.8 Å². The highest BCUT2D eigenvalue weighted by Crippen LogP contribution is 2.33. The molecule has 2 amide bonds. The number of hydrogen-bond donors (Lipinski definition) is 1. The molecule has 0 radical (unpaired) electrons. The van der Waals surface area contributed by atoms with Crippen molar-refractivity contribution in [3.63, 3.8) is 0 Å². The van der Waals surface area contributed by atoms with E-state index in [0.717, 1.165) is 35.6 Å². The summed E-state index contributed by atoms with van der Waals surface area (Å²) in [4.78, 5) is 28.8. The standard InChI is InChI=1S/C32H38FN3O5S/c1-4-41-30-12-8-7-11-29(30)36(42(39,40)28-19-13-23(2)14-20-28)22-31(37)35(21-25-15-17-26(33)18-16-25)24(3)32(38)34-27-9-5-6-10-27/h7-8,11-20,24,27H,4-6,9-10,21-22H2,1-3H3,(H,34,38)/t24-/m0/s1. The average molecular weight is 596 g/mol. The largest absolute Gasteiger partial charge is 0.492 e. The van der Waals surface area contributed by atoms with Crippen LogP contribution in [-0.4, -0.2) is 50.4 Å². The molecular weight excluding hydrogens is 557 g/mol. The number of amides is 2. The highest BCUT2D eigenvalue weighted by Gasteiger charge is 2.34. The van der Waals surface area contributed by atoms with Crippen molar-refractivity contribution in [2.45, 2.75) is 70.0 Å². The fourth-order valence-corrected chi connectivity index (χ4v) is 6.48. The van der Waals surface area contributed by atoms with E-state index in [-0.39, 0.29) is 29.1 Å². The van der Waals surface area contributed by atoms with Crippen molar-refractivity contribution in [3.8, 4) is 5.75 Å². The predicted molar refractivity (Wildman–Crippen MR) is 160 cm³/mol. The van der Waals surface area contributed by atoms with Crippen LogP contribution in [0.15, 0.2) is 77.7 Å². The molecule has 0 heterocycles. The molecule has 4 rings (SSSR count). The van der Waals surface area contributed by atoms with Crippen molar-refractivity contribution in [2.75, 3.05) is 17.5 Å². The molecule has 3 aromatic rings. The molecule has 0 bridgehead atoms. The number of hydrogen-bond acceptors (Lipinski definition) is 5. The molecule has 8 nitrogen and oxygen atoms in total. The first-order valence-corrected chi connectivity index (χ1v) is 15.7. The van der Waals surface area contributed by atoms with Gasteiger partial charge in [-0.3, -0.25) is 13.9 Å². The summed E-state index contributed by atoms with van der Waals surface area (Å²) in [7, 11) is -4.23. The molecule has 0 aliphatic heterocycles. The zero-order chi connectivity index (χ0) is 30.3. The number of aryl methyl sites for hydroxylation is 1. The maximum atomic E-state index is 14.1. The van der Waals surface area contributed by atoms with Crippen LogP contribution in [0, 0.1) is 12.7 Å². The zero-order valence-corrected chi connectivity index (χ0v) is 25.1. The van der Waals surface area contributed by atoms with Crippen molar-refractivity contribution >= 4 is 27.5 Å². The first-order chi connectivity index (χ1) is 20.1. The van der Waals surface area contributed by atoms with Crippen LogP contribution in [0.5, 0.6) is 5.75 Å². The number of nitrogens with one attached hydrogen (secondary N) is 1. The summed E-state index contributed by atoms with van der Waals surface area (Å²) in [5.74, 6) is -1.03. The SMILES string of the molecule is CCOc1ccccc1N(CC(=O)N(Cc1ccc(F)cc1)[C@@H](C)C(=O)NC1CCCC1)S(=O)(=O)c1ccc(C)cc1. The molecule has 0 spiro atoms. The zero-order valence-electron chi connectivity index (χ0n) is 24.3. The normalized spacial score (nSPS) is 14.3. The van der Waals surface area contributed by atoms with Gasteiger partial charge in [0.15, 0.2) is 0 Å². The number of anilines is 1. The molecular formula is C32H38FN3O5S. The van der Waals surface area contributed by atoms with E-state index in [1.165, 1.54) is 29.2 Å². The smallest absolute Gasteiger partial charge is 0.264 e. The van der Waals surface area contributed by atoms with Gasteiger partial charge in [0, 0.05) is 12.6 Å². The molecule has 224 valence electrons. The number of benzene rings is 3. The first-order valence-electron chi connectivity index (χ1n) is 14.3. The topological polar surface area (TPSA) is 96.0 Å². The van der Waals surface area contributed by atoms with Crippen LogP contribution in [-0.2, 0) is 26.2 Å². The molecule has 1 atom stereocenters. The molecule has 10 heteroatoms. The van der Waals surface area contributed by atoms with Crippen molar-refractivity contribution in [1.29, 1.82) is 0 Å². The van der Waals surface area contributed by atoms with Gasteiger partial charge in [-0.05, 0) is 75.6 Å². The van der Waals surface area contributed by atoms with Gasteiger partial charge in [-0.25, -0.2) is 12.8 Å². The lowest BCUT2D eigenvalue weighted by atomic mass is 10.1. The molecule has 1 aliphatic rings. The second kappa shape index (κ2) is 13.8. The summed E-state index contributed by atoms with van der Waals surface area (Å²) in [6.45, 7) is 4.97. The summed E-state index contributed by atoms with van der Waals surface area (Å²) in [6.07, 6.45) is 3.81. The van der Waals surface area contributed by atoms with Crippen molar-refractivity contribution in [3.05, 3.63) is 89.7 Å². The molecule has 42 heavy (non-hydrogen) atoms. The van der Waals surface area contributed by atoms with E-state index in [1.54, 1.807) is 62.4 Å². The van der Waals surface area contributed by atoms with E-state index in [1.807, 2.05) is 6.92 Å². The number of carbonyl (C=O) groups is 2. The third-order valence-electron chi connectivity index (χ3n) is 7.46. The van der Waals surface area contributed by atoms with Crippen LogP contribution >= 0.6 is 0 Å². The van der Waals surface area contributed by atoms with E-state index in [9.17, 15) is 22.4 Å². The number of halogens is 1. The van der Waals surface area contributed by atoms with Gasteiger partial charge in [0.25, 0.3) is 10.0 Å². The van der Waals surface area contributed by atoms with E-state index >= 15 is 0 Å². The fourth-order valence-electron chi connectivity index (χ4n) is 5.05. The minimum atomic E-state index is -4.23. The lowest BCUT2D eigenvalue weighted by Gasteiger charge is -2.33. The predicted octanol–water partition coefficient (Wildman–Crippen LogP) is 5.20. The Bertz CT molecular complexity index is 1470. The van der Waals surface area contributed by atoms with Gasteiger partial charge < -0.3 is 15.0 Å². The third-order valence-corrected chi connectivity index (χ3v) is 9.23. The minimum Gasteiger partial charge on any atom is -0.492 e. The highest BCUT2D eigenvalue weighted by atomic mass is 32.2. The Morgan fingerprint density at radius 2 is 1.64 bits per heavy atom. The number of nitrogens with zero attached hydrogens (tertiary/aromatic N) is 2. The quantitative estimate of drug-likeness (QED) is 0.310. The summed E-state index contributed by atoms with van der Waals surface area (Å²) in [6, 6.07) is 17.8. The van der Waals surface area contributed by atoms with Crippen LogP contribution in [0.1, 0.15) is 50.7 Å². The molecule has 1 aliphatic carbocycles. The van der Waals surface area contributed by atoms with E-state index in [4.69, 9.17) is 4.74 Å². The molecule has 1 N–H and O–H groups in total. The lowest BCUT2D eigenvalue weighted by molar-refractivity contribution is -0.139. The Morgan fingerprint density at radius 1 is 1.00 bits per heavy atom. The van der Waals surface area contributed by atoms with Crippen molar-refractivity contribution in [2.24, 2.45) is 0 Å². The highest BCUT2D eigenvalue weighted by molar-refractivity contribution is 7.92. The van der Waals surface area contributed by atoms with Gasteiger partial charge in [0.1, 0.15) is 24.2 Å². The number of rotatable bonds is 12. The minimum absolute atomic E-state index is 0.0100. The van der Waals surface area contributed by atoms with Crippen molar-refractivity contribution < 1.29 is 27.1 Å². The van der Waals surface area contributed by atoms with Crippen LogP contribution in [0.4, 0.5) is 10.1 Å². The Balaban J connectivity index is 1.72. The Labute approximate surface area is 247 Å². The lowest BCUT2D eigenvalue weighted by Crippen LogP contribution is -2.52. The maximum Gasteiger partial charge on any atom is 0.264 e. The Kier molecular flexibility index (Phi) is 10.2. The second-order valence-corrected chi connectivity index (χ2v) is 12.4. The molecule has 1 fully saturated rings. The second-order valence-electron chi connectivity index (χ2n) is 10.5. The molecule has 0 saturated heterocycles. The molecule has 0 aromatic heterocycles. The summed E-state index contributed by atoms with van der Waals surface area (Å²) in [5.41, 5.74) is 1.70. The Hall–Kier alpha value is -3.92. The monoisotopic (exact) mass is 595 g/mol. The van der Waals surface area contributed by atoms with Crippen LogP contribution in [0.25, 0.3) is 0 Å². The first kappa shape index (κ1) is 31.0. The van der Waals surface area contributed by atoms with Gasteiger partial charge in [-0.1, -0.05) is 54.8 Å². The Morgan fingerprint density at radius 3 is 2.29 bits per heavy atom. The summed E-state index contributed by atoms with van der Waals surface area (Å²) < 4.78 is 48.6. The third kappa shape index (κ3) is 7.47. The number of sulfonamides is 1. The van der Waals surface area contributed by atoms with E-state index in [0.29, 0.717) is 17.9 Å². The summed E-state index contributed by atoms with van der Waals surface area (Å²) in [5, 5.41) is 3.04. The van der Waals surface area contributed by atoms with Gasteiger partial charge in [0.05, 0.1) is 17.2 Å². The number of ether oxygens (including phenoxy) is 1. The average Bonchev–Trinajstić information content (AvgIpc) is 3.49.